The van der Waals surface area contributed by atoms with Crippen LogP contribution in [0.25, 0.3) is 0 Å². The third-order valence-electron chi connectivity index (χ3n) is 2.35. The molecule has 0 radical (unpaired) electrons. The fourth-order valence-corrected chi connectivity index (χ4v) is 1.33. The molecule has 5 heteroatoms. The van der Waals surface area contributed by atoms with Crippen LogP contribution >= 0.6 is 0 Å². The average Bonchev–Trinajstić information content (AvgIpc) is 2.28. The molecule has 0 aliphatic heterocycles. The summed E-state index contributed by atoms with van der Waals surface area (Å²) in [6.45, 7) is 4.23. The van der Waals surface area contributed by atoms with Crippen LogP contribution in [0.4, 0.5) is 4.39 Å². The number of hydrogen-bond acceptors (Lipinski definition) is 3. The van der Waals surface area contributed by atoms with Crippen LogP contribution in [0.1, 0.15) is 12.5 Å². The van der Waals surface area contributed by atoms with Crippen molar-refractivity contribution in [2.75, 3.05) is 13.2 Å². The van der Waals surface area contributed by atoms with Gasteiger partial charge in [-0.3, -0.25) is 4.79 Å². The van der Waals surface area contributed by atoms with Crippen LogP contribution in [0, 0.1) is 12.7 Å². The molecule has 0 fully saturated rings. The first-order chi connectivity index (χ1) is 8.04. The highest BCUT2D eigenvalue weighted by molar-refractivity contribution is 5.80. The summed E-state index contributed by atoms with van der Waals surface area (Å²) in [5.41, 5.74) is 5.74. The van der Waals surface area contributed by atoms with Crippen LogP contribution in [0.15, 0.2) is 18.2 Å². The quantitative estimate of drug-likeness (QED) is 0.779. The number of benzene rings is 1. The monoisotopic (exact) mass is 240 g/mol. The normalized spacial score (nSPS) is 12.2. The lowest BCUT2D eigenvalue weighted by molar-refractivity contribution is -0.120. The van der Waals surface area contributed by atoms with Gasteiger partial charge in [0.1, 0.15) is 24.2 Å². The van der Waals surface area contributed by atoms with Gasteiger partial charge in [-0.1, -0.05) is 13.0 Å². The van der Waals surface area contributed by atoms with Crippen molar-refractivity contribution < 1.29 is 13.9 Å². The van der Waals surface area contributed by atoms with E-state index in [1.165, 1.54) is 6.07 Å². The van der Waals surface area contributed by atoms with Gasteiger partial charge in [0, 0.05) is 6.07 Å². The van der Waals surface area contributed by atoms with Crippen molar-refractivity contribution in [3.8, 4) is 5.75 Å². The van der Waals surface area contributed by atoms with Crippen molar-refractivity contribution in [1.29, 1.82) is 0 Å². The zero-order chi connectivity index (χ0) is 12.8. The van der Waals surface area contributed by atoms with Crippen molar-refractivity contribution in [3.05, 3.63) is 29.6 Å². The van der Waals surface area contributed by atoms with Crippen molar-refractivity contribution >= 4 is 5.91 Å². The maximum atomic E-state index is 13.2. The third-order valence-corrected chi connectivity index (χ3v) is 2.35. The van der Waals surface area contributed by atoms with Crippen molar-refractivity contribution in [2.45, 2.75) is 19.9 Å². The van der Waals surface area contributed by atoms with Crippen LogP contribution < -0.4 is 15.8 Å². The fourth-order valence-electron chi connectivity index (χ4n) is 1.33. The molecule has 1 aromatic carbocycles. The molecule has 1 amide bonds. The molecule has 4 nitrogen and oxygen atoms in total. The molecule has 0 saturated carbocycles. The Balaban J connectivity index is 2.59. The van der Waals surface area contributed by atoms with Crippen LogP contribution in [0.5, 0.6) is 5.75 Å². The van der Waals surface area contributed by atoms with Gasteiger partial charge in [0.15, 0.2) is 0 Å². The Hall–Kier alpha value is -1.62. The molecule has 0 aliphatic carbocycles. The number of primary amides is 1. The van der Waals surface area contributed by atoms with E-state index in [2.05, 4.69) is 5.32 Å². The molecule has 0 spiro atoms. The zero-order valence-electron chi connectivity index (χ0n) is 10.00. The van der Waals surface area contributed by atoms with Gasteiger partial charge in [-0.15, -0.1) is 0 Å². The topological polar surface area (TPSA) is 64.3 Å². The maximum Gasteiger partial charge on any atom is 0.238 e. The van der Waals surface area contributed by atoms with Gasteiger partial charge in [0.2, 0.25) is 5.91 Å². The summed E-state index contributed by atoms with van der Waals surface area (Å²) >= 11 is 0. The Morgan fingerprint density at radius 2 is 2.29 bits per heavy atom. The predicted molar refractivity (Wildman–Crippen MR) is 63.3 cm³/mol. The second-order valence-corrected chi connectivity index (χ2v) is 3.73. The van der Waals surface area contributed by atoms with E-state index in [4.69, 9.17) is 10.5 Å². The largest absolute Gasteiger partial charge is 0.491 e. The molecule has 17 heavy (non-hydrogen) atoms. The number of rotatable bonds is 6. The number of aryl methyl sites for hydroxylation is 1. The van der Waals surface area contributed by atoms with Crippen LogP contribution in [0.2, 0.25) is 0 Å². The van der Waals surface area contributed by atoms with E-state index in [1.54, 1.807) is 19.1 Å². The van der Waals surface area contributed by atoms with Gasteiger partial charge in [0.25, 0.3) is 0 Å². The summed E-state index contributed by atoms with van der Waals surface area (Å²) < 4.78 is 18.5. The second-order valence-electron chi connectivity index (χ2n) is 3.73. The summed E-state index contributed by atoms with van der Waals surface area (Å²) in [6, 6.07) is 4.00. The molecule has 0 heterocycles. The number of ether oxygens (including phenoxy) is 1. The lowest BCUT2D eigenvalue weighted by atomic mass is 10.2. The van der Waals surface area contributed by atoms with E-state index < -0.39 is 11.9 Å². The number of nitrogens with two attached hydrogens (primary N) is 1. The van der Waals surface area contributed by atoms with Crippen LogP contribution in [-0.2, 0) is 4.79 Å². The number of carbonyl (C=O) groups is 1. The van der Waals surface area contributed by atoms with E-state index in [9.17, 15) is 9.18 Å². The molecule has 1 unspecified atom stereocenters. The van der Waals surface area contributed by atoms with Crippen LogP contribution in [0.3, 0.4) is 0 Å². The minimum absolute atomic E-state index is 0.0890. The highest BCUT2D eigenvalue weighted by Crippen LogP contribution is 2.15. The minimum atomic E-state index is -0.565. The second kappa shape index (κ2) is 6.20. The Morgan fingerprint density at radius 1 is 1.59 bits per heavy atom. The number of halogens is 1. The standard InChI is InChI=1S/C12H17FN2O2/c1-3-15-11(12(14)16)7-17-9-5-4-8(2)10(13)6-9/h4-6,11,15H,3,7H2,1-2H3,(H2,14,16). The van der Waals surface area contributed by atoms with Gasteiger partial charge in [0.05, 0.1) is 0 Å². The Morgan fingerprint density at radius 3 is 2.82 bits per heavy atom. The molecule has 1 aromatic rings. The van der Waals surface area contributed by atoms with E-state index in [0.717, 1.165) is 0 Å². The third kappa shape index (κ3) is 4.03. The Labute approximate surface area is 100.0 Å². The van der Waals surface area contributed by atoms with Gasteiger partial charge in [-0.05, 0) is 25.1 Å². The minimum Gasteiger partial charge on any atom is -0.491 e. The molecular formula is C12H17FN2O2. The fraction of sp³-hybridized carbons (Fsp3) is 0.417. The molecule has 1 rings (SSSR count). The molecule has 3 N–H and O–H groups in total. The average molecular weight is 240 g/mol. The van der Waals surface area contributed by atoms with E-state index in [-0.39, 0.29) is 12.4 Å². The molecular weight excluding hydrogens is 223 g/mol. The number of amides is 1. The van der Waals surface area contributed by atoms with E-state index >= 15 is 0 Å². The number of likely N-dealkylation sites (N-methyl/N-ethyl adjacent to an activating group) is 1. The first-order valence-corrected chi connectivity index (χ1v) is 5.46. The van der Waals surface area contributed by atoms with Gasteiger partial charge in [-0.2, -0.15) is 0 Å². The van der Waals surface area contributed by atoms with E-state index in [0.29, 0.717) is 17.9 Å². The SMILES string of the molecule is CCNC(COc1ccc(C)c(F)c1)C(N)=O. The van der Waals surface area contributed by atoms with E-state index in [1.807, 2.05) is 6.92 Å². The molecule has 0 aromatic heterocycles. The molecule has 0 bridgehead atoms. The summed E-state index contributed by atoms with van der Waals surface area (Å²) in [7, 11) is 0. The maximum absolute atomic E-state index is 13.2. The Kier molecular flexibility index (Phi) is 4.90. The lowest BCUT2D eigenvalue weighted by Crippen LogP contribution is -2.45. The van der Waals surface area contributed by atoms with Gasteiger partial charge in [-0.25, -0.2) is 4.39 Å². The number of nitrogens with one attached hydrogen (secondary N) is 1. The Bertz CT molecular complexity index is 396. The molecule has 0 aliphatic rings. The predicted octanol–water partition coefficient (Wildman–Crippen LogP) is 0.976. The highest BCUT2D eigenvalue weighted by atomic mass is 19.1. The number of carbonyl (C=O) groups excluding carboxylic acids is 1. The summed E-state index contributed by atoms with van der Waals surface area (Å²) in [5.74, 6) is -0.432. The van der Waals surface area contributed by atoms with Gasteiger partial charge >= 0.3 is 0 Å². The summed E-state index contributed by atoms with van der Waals surface area (Å²) in [6.07, 6.45) is 0. The smallest absolute Gasteiger partial charge is 0.238 e. The highest BCUT2D eigenvalue weighted by Gasteiger charge is 2.14. The molecule has 94 valence electrons. The van der Waals surface area contributed by atoms with Crippen LogP contribution in [-0.4, -0.2) is 25.1 Å². The van der Waals surface area contributed by atoms with Crippen molar-refractivity contribution in [2.24, 2.45) is 5.73 Å². The first kappa shape index (κ1) is 13.4. The first-order valence-electron chi connectivity index (χ1n) is 5.46. The summed E-state index contributed by atoms with van der Waals surface area (Å²) in [5, 5.41) is 2.89. The van der Waals surface area contributed by atoms with Crippen molar-refractivity contribution in [1.82, 2.24) is 5.32 Å². The lowest BCUT2D eigenvalue weighted by Gasteiger charge is -2.15. The van der Waals surface area contributed by atoms with Crippen molar-refractivity contribution in [3.63, 3.8) is 0 Å². The molecule has 1 atom stereocenters. The van der Waals surface area contributed by atoms with Gasteiger partial charge < -0.3 is 15.8 Å². The number of hydrogen-bond donors (Lipinski definition) is 2. The molecule has 0 saturated heterocycles. The summed E-state index contributed by atoms with van der Waals surface area (Å²) in [4.78, 5) is 11.0. The zero-order valence-corrected chi connectivity index (χ0v) is 10.00.